The first-order valence-corrected chi connectivity index (χ1v) is 8.25. The van der Waals surface area contributed by atoms with Gasteiger partial charge in [-0.1, -0.05) is 82.2 Å². The Labute approximate surface area is 124 Å². The lowest BCUT2D eigenvalue weighted by Crippen LogP contribution is -2.19. The van der Waals surface area contributed by atoms with E-state index in [4.69, 9.17) is 11.6 Å². The van der Waals surface area contributed by atoms with Crippen LogP contribution in [0, 0.1) is 0 Å². The van der Waals surface area contributed by atoms with Gasteiger partial charge in [0.25, 0.3) is 0 Å². The van der Waals surface area contributed by atoms with Crippen LogP contribution in [0.4, 0.5) is 0 Å². The maximum absolute atomic E-state index is 6.63. The summed E-state index contributed by atoms with van der Waals surface area (Å²) in [4.78, 5) is -0.0786. The summed E-state index contributed by atoms with van der Waals surface area (Å²) in [6.07, 6.45) is 11.6. The van der Waals surface area contributed by atoms with Crippen LogP contribution in [-0.4, -0.2) is 4.87 Å². The average Bonchev–Trinajstić information content (AvgIpc) is 2.38. The van der Waals surface area contributed by atoms with E-state index in [1.54, 1.807) is 0 Å². The lowest BCUT2D eigenvalue weighted by atomic mass is 9.94. The minimum atomic E-state index is -0.0786. The zero-order chi connectivity index (χ0) is 14.0. The van der Waals surface area contributed by atoms with E-state index < -0.39 is 0 Å². The van der Waals surface area contributed by atoms with Crippen LogP contribution in [0.2, 0.25) is 0 Å². The Balaban J connectivity index is 2.13. The zero-order valence-corrected chi connectivity index (χ0v) is 13.4. The van der Waals surface area contributed by atoms with Crippen molar-refractivity contribution in [1.82, 2.24) is 0 Å². The molecule has 0 aliphatic rings. The van der Waals surface area contributed by atoms with Crippen molar-refractivity contribution in [2.45, 2.75) is 76.5 Å². The molecule has 0 aliphatic carbocycles. The highest BCUT2D eigenvalue weighted by atomic mass is 35.5. The molecule has 0 heterocycles. The molecule has 1 atom stereocenters. The molecule has 1 heteroatoms. The first-order valence-electron chi connectivity index (χ1n) is 7.87. The lowest BCUT2D eigenvalue weighted by molar-refractivity contribution is 0.506. The predicted molar refractivity (Wildman–Crippen MR) is 87.0 cm³/mol. The van der Waals surface area contributed by atoms with Crippen molar-refractivity contribution < 1.29 is 0 Å². The van der Waals surface area contributed by atoms with Gasteiger partial charge >= 0.3 is 0 Å². The fraction of sp³-hybridized carbons (Fsp3) is 0.667. The average molecular weight is 281 g/mol. The third kappa shape index (κ3) is 8.31. The van der Waals surface area contributed by atoms with E-state index >= 15 is 0 Å². The van der Waals surface area contributed by atoms with E-state index in [2.05, 4.69) is 44.2 Å². The molecule has 0 aromatic heterocycles. The molecule has 0 radical (unpaired) electrons. The van der Waals surface area contributed by atoms with Crippen molar-refractivity contribution in [2.24, 2.45) is 0 Å². The third-order valence-electron chi connectivity index (χ3n) is 3.72. The summed E-state index contributed by atoms with van der Waals surface area (Å²) < 4.78 is 0. The molecule has 1 aromatic carbocycles. The SMILES string of the molecule is CCCCCCCCCC(C)(Cl)Cc1ccccc1. The number of unbranched alkanes of at least 4 members (excludes halogenated alkanes) is 6. The van der Waals surface area contributed by atoms with E-state index in [0.717, 1.165) is 12.8 Å². The molecule has 1 unspecified atom stereocenters. The van der Waals surface area contributed by atoms with E-state index in [0.29, 0.717) is 0 Å². The topological polar surface area (TPSA) is 0 Å². The van der Waals surface area contributed by atoms with Gasteiger partial charge in [-0.25, -0.2) is 0 Å². The summed E-state index contributed by atoms with van der Waals surface area (Å²) in [7, 11) is 0. The molecule has 0 fully saturated rings. The van der Waals surface area contributed by atoms with Gasteiger partial charge in [-0.2, -0.15) is 0 Å². The van der Waals surface area contributed by atoms with Crippen molar-refractivity contribution in [3.63, 3.8) is 0 Å². The van der Waals surface area contributed by atoms with Crippen molar-refractivity contribution in [3.8, 4) is 0 Å². The second-order valence-corrected chi connectivity index (χ2v) is 6.86. The maximum atomic E-state index is 6.63. The molecule has 0 saturated carbocycles. The molecule has 1 rings (SSSR count). The summed E-state index contributed by atoms with van der Waals surface area (Å²) in [5.41, 5.74) is 1.35. The van der Waals surface area contributed by atoms with Gasteiger partial charge < -0.3 is 0 Å². The molecule has 0 nitrogen and oxygen atoms in total. The Morgan fingerprint density at radius 1 is 0.895 bits per heavy atom. The molecule has 0 N–H and O–H groups in total. The van der Waals surface area contributed by atoms with Crippen LogP contribution < -0.4 is 0 Å². The van der Waals surface area contributed by atoms with E-state index in [1.165, 1.54) is 50.5 Å². The van der Waals surface area contributed by atoms with Crippen LogP contribution >= 0.6 is 11.6 Å². The molecule has 0 amide bonds. The standard InChI is InChI=1S/C18H29Cl/c1-3-4-5-6-7-8-12-15-18(2,19)16-17-13-10-9-11-14-17/h9-11,13-14H,3-8,12,15-16H2,1-2H3. The van der Waals surface area contributed by atoms with Crippen molar-refractivity contribution >= 4 is 11.6 Å². The summed E-state index contributed by atoms with van der Waals surface area (Å²) in [5.74, 6) is 0. The maximum Gasteiger partial charge on any atom is 0.0459 e. The van der Waals surface area contributed by atoms with Gasteiger partial charge in [0.15, 0.2) is 0 Å². The number of hydrogen-bond donors (Lipinski definition) is 0. The molecule has 0 spiro atoms. The number of rotatable bonds is 10. The molecule has 108 valence electrons. The lowest BCUT2D eigenvalue weighted by Gasteiger charge is -2.22. The molecule has 0 saturated heterocycles. The largest absolute Gasteiger partial charge is 0.119 e. The summed E-state index contributed by atoms with van der Waals surface area (Å²) in [6.45, 7) is 4.45. The molecular weight excluding hydrogens is 252 g/mol. The van der Waals surface area contributed by atoms with Gasteiger partial charge in [-0.3, -0.25) is 0 Å². The monoisotopic (exact) mass is 280 g/mol. The van der Waals surface area contributed by atoms with Crippen molar-refractivity contribution in [2.75, 3.05) is 0 Å². The molecular formula is C18H29Cl. The van der Waals surface area contributed by atoms with Crippen LogP contribution in [0.5, 0.6) is 0 Å². The van der Waals surface area contributed by atoms with Crippen LogP contribution in [-0.2, 0) is 6.42 Å². The number of halogens is 1. The molecule has 19 heavy (non-hydrogen) atoms. The Morgan fingerprint density at radius 2 is 1.47 bits per heavy atom. The van der Waals surface area contributed by atoms with Crippen molar-refractivity contribution in [1.29, 1.82) is 0 Å². The summed E-state index contributed by atoms with van der Waals surface area (Å²) in [6, 6.07) is 10.6. The highest BCUT2D eigenvalue weighted by Gasteiger charge is 2.20. The van der Waals surface area contributed by atoms with Gasteiger partial charge in [0.1, 0.15) is 0 Å². The van der Waals surface area contributed by atoms with Crippen LogP contribution in [0.15, 0.2) is 30.3 Å². The third-order valence-corrected chi connectivity index (χ3v) is 4.04. The van der Waals surface area contributed by atoms with E-state index in [9.17, 15) is 0 Å². The number of hydrogen-bond acceptors (Lipinski definition) is 0. The van der Waals surface area contributed by atoms with Gasteiger partial charge in [0, 0.05) is 4.87 Å². The van der Waals surface area contributed by atoms with Crippen LogP contribution in [0.1, 0.15) is 70.8 Å². The fourth-order valence-corrected chi connectivity index (χ4v) is 2.85. The van der Waals surface area contributed by atoms with Crippen molar-refractivity contribution in [3.05, 3.63) is 35.9 Å². The first-order chi connectivity index (χ1) is 9.14. The summed E-state index contributed by atoms with van der Waals surface area (Å²) in [5, 5.41) is 0. The van der Waals surface area contributed by atoms with E-state index in [-0.39, 0.29) is 4.87 Å². The highest BCUT2D eigenvalue weighted by Crippen LogP contribution is 2.27. The normalized spacial score (nSPS) is 14.3. The first kappa shape index (κ1) is 16.6. The Kier molecular flexibility index (Phi) is 8.21. The molecule has 0 aliphatic heterocycles. The van der Waals surface area contributed by atoms with Gasteiger partial charge in [0.2, 0.25) is 0 Å². The minimum Gasteiger partial charge on any atom is -0.119 e. The Bertz CT molecular complexity index is 316. The fourth-order valence-electron chi connectivity index (χ4n) is 2.56. The van der Waals surface area contributed by atoms with Crippen LogP contribution in [0.3, 0.4) is 0 Å². The second kappa shape index (κ2) is 9.42. The minimum absolute atomic E-state index is 0.0786. The zero-order valence-electron chi connectivity index (χ0n) is 12.6. The second-order valence-electron chi connectivity index (χ2n) is 5.95. The Hall–Kier alpha value is -0.490. The van der Waals surface area contributed by atoms with Gasteiger partial charge in [0.05, 0.1) is 0 Å². The van der Waals surface area contributed by atoms with Crippen LogP contribution in [0.25, 0.3) is 0 Å². The smallest absolute Gasteiger partial charge is 0.0459 e. The number of benzene rings is 1. The molecule has 1 aromatic rings. The molecule has 0 bridgehead atoms. The Morgan fingerprint density at radius 3 is 2.11 bits per heavy atom. The van der Waals surface area contributed by atoms with Gasteiger partial charge in [-0.15, -0.1) is 11.6 Å². The van der Waals surface area contributed by atoms with E-state index in [1.807, 2.05) is 0 Å². The quantitative estimate of drug-likeness (QED) is 0.345. The highest BCUT2D eigenvalue weighted by molar-refractivity contribution is 6.23. The van der Waals surface area contributed by atoms with Gasteiger partial charge in [-0.05, 0) is 25.3 Å². The number of alkyl halides is 1. The summed E-state index contributed by atoms with van der Waals surface area (Å²) >= 11 is 6.63. The predicted octanol–water partition coefficient (Wildman–Crippen LogP) is 6.37.